The molecule has 0 aromatic heterocycles. The standard InChI is InChI=1S/C11H19NO2/c1-11(2)5-9(13)8(7-12(3)4)10(14)6-11/h13H,5-7H2,1-4H3/p+1. The van der Waals surface area contributed by atoms with Gasteiger partial charge in [0.05, 0.1) is 19.7 Å². The number of carbonyl (C=O) groups is 1. The molecule has 0 aromatic carbocycles. The normalized spacial score (nSPS) is 21.9. The summed E-state index contributed by atoms with van der Waals surface area (Å²) in [7, 11) is 3.96. The summed E-state index contributed by atoms with van der Waals surface area (Å²) in [6.45, 7) is 4.65. The number of ketones is 1. The van der Waals surface area contributed by atoms with E-state index in [0.717, 1.165) is 0 Å². The first-order chi connectivity index (χ1) is 6.32. The number of carbonyl (C=O) groups excluding carboxylic acids is 1. The van der Waals surface area contributed by atoms with Gasteiger partial charge >= 0.3 is 0 Å². The molecular formula is C11H20NO2+. The maximum Gasteiger partial charge on any atom is 0.168 e. The molecule has 0 unspecified atom stereocenters. The molecule has 1 aliphatic carbocycles. The third kappa shape index (κ3) is 2.58. The highest BCUT2D eigenvalue weighted by molar-refractivity contribution is 5.97. The molecule has 0 amide bonds. The van der Waals surface area contributed by atoms with Crippen molar-refractivity contribution in [1.82, 2.24) is 0 Å². The first kappa shape index (κ1) is 11.2. The molecule has 1 rings (SSSR count). The Morgan fingerprint density at radius 1 is 1.36 bits per heavy atom. The van der Waals surface area contributed by atoms with Crippen molar-refractivity contribution in [2.24, 2.45) is 5.41 Å². The monoisotopic (exact) mass is 198 g/mol. The summed E-state index contributed by atoms with van der Waals surface area (Å²) in [5.74, 6) is 0.410. The predicted octanol–water partition coefficient (Wildman–Crippen LogP) is 0.332. The summed E-state index contributed by atoms with van der Waals surface area (Å²) in [6.07, 6.45) is 1.18. The van der Waals surface area contributed by atoms with Crippen LogP contribution in [0, 0.1) is 5.41 Å². The fourth-order valence-corrected chi connectivity index (χ4v) is 1.88. The van der Waals surface area contributed by atoms with Gasteiger partial charge in [0.25, 0.3) is 0 Å². The zero-order chi connectivity index (χ0) is 10.9. The average Bonchev–Trinajstić information content (AvgIpc) is 1.94. The topological polar surface area (TPSA) is 41.7 Å². The van der Waals surface area contributed by atoms with Crippen LogP contribution in [0.3, 0.4) is 0 Å². The number of aliphatic hydroxyl groups is 1. The summed E-state index contributed by atoms with van der Waals surface area (Å²) in [4.78, 5) is 12.9. The van der Waals surface area contributed by atoms with E-state index in [9.17, 15) is 9.90 Å². The van der Waals surface area contributed by atoms with Crippen LogP contribution in [0.5, 0.6) is 0 Å². The van der Waals surface area contributed by atoms with Crippen LogP contribution in [0.1, 0.15) is 26.7 Å². The quantitative estimate of drug-likeness (QED) is 0.671. The molecule has 0 atom stereocenters. The van der Waals surface area contributed by atoms with Gasteiger partial charge in [-0.1, -0.05) is 13.8 Å². The van der Waals surface area contributed by atoms with Crippen molar-refractivity contribution in [1.29, 1.82) is 0 Å². The minimum Gasteiger partial charge on any atom is -0.512 e. The number of rotatable bonds is 2. The van der Waals surface area contributed by atoms with E-state index in [1.165, 1.54) is 4.90 Å². The van der Waals surface area contributed by atoms with Crippen molar-refractivity contribution < 1.29 is 14.8 Å². The Bertz CT molecular complexity index is 277. The van der Waals surface area contributed by atoms with E-state index >= 15 is 0 Å². The Hall–Kier alpha value is -0.830. The highest BCUT2D eigenvalue weighted by Crippen LogP contribution is 2.35. The van der Waals surface area contributed by atoms with E-state index in [-0.39, 0.29) is 11.2 Å². The van der Waals surface area contributed by atoms with Gasteiger partial charge in [-0.25, -0.2) is 0 Å². The second-order valence-corrected chi connectivity index (χ2v) is 5.25. The lowest BCUT2D eigenvalue weighted by Crippen LogP contribution is -3.06. The first-order valence-electron chi connectivity index (χ1n) is 5.05. The van der Waals surface area contributed by atoms with Crippen molar-refractivity contribution in [2.45, 2.75) is 26.7 Å². The summed E-state index contributed by atoms with van der Waals surface area (Å²) < 4.78 is 0. The van der Waals surface area contributed by atoms with Gasteiger partial charge < -0.3 is 10.0 Å². The Morgan fingerprint density at radius 2 is 1.93 bits per heavy atom. The van der Waals surface area contributed by atoms with E-state index in [1.807, 2.05) is 27.9 Å². The van der Waals surface area contributed by atoms with E-state index in [0.29, 0.717) is 30.7 Å². The van der Waals surface area contributed by atoms with E-state index in [1.54, 1.807) is 0 Å². The van der Waals surface area contributed by atoms with Gasteiger partial charge in [-0.15, -0.1) is 0 Å². The molecule has 0 radical (unpaired) electrons. The molecule has 2 N–H and O–H groups in total. The van der Waals surface area contributed by atoms with Gasteiger partial charge in [-0.3, -0.25) is 4.79 Å². The minimum atomic E-state index is -0.0771. The number of Topliss-reactive ketones (excluding diaryl/α,β-unsaturated/α-hetero) is 1. The van der Waals surface area contributed by atoms with Gasteiger partial charge in [-0.2, -0.15) is 0 Å². The molecule has 0 aromatic rings. The Labute approximate surface area is 85.4 Å². The maximum absolute atomic E-state index is 11.7. The highest BCUT2D eigenvalue weighted by Gasteiger charge is 2.33. The van der Waals surface area contributed by atoms with Gasteiger partial charge in [0.15, 0.2) is 5.78 Å². The predicted molar refractivity (Wildman–Crippen MR) is 55.4 cm³/mol. The average molecular weight is 198 g/mol. The number of hydrogen-bond donors (Lipinski definition) is 2. The molecule has 0 aliphatic heterocycles. The largest absolute Gasteiger partial charge is 0.512 e. The number of hydrogen-bond acceptors (Lipinski definition) is 2. The summed E-state index contributed by atoms with van der Waals surface area (Å²) in [5, 5.41) is 9.77. The fourth-order valence-electron chi connectivity index (χ4n) is 1.88. The van der Waals surface area contributed by atoms with Crippen molar-refractivity contribution in [2.75, 3.05) is 20.6 Å². The molecule has 0 spiro atoms. The molecular weight excluding hydrogens is 178 g/mol. The van der Waals surface area contributed by atoms with Crippen LogP contribution in [0.15, 0.2) is 11.3 Å². The maximum atomic E-state index is 11.7. The second kappa shape index (κ2) is 3.73. The number of aliphatic hydroxyl groups excluding tert-OH is 1. The third-order valence-electron chi connectivity index (χ3n) is 2.50. The van der Waals surface area contributed by atoms with Crippen molar-refractivity contribution >= 4 is 5.78 Å². The second-order valence-electron chi connectivity index (χ2n) is 5.25. The first-order valence-corrected chi connectivity index (χ1v) is 5.05. The Morgan fingerprint density at radius 3 is 2.36 bits per heavy atom. The molecule has 0 saturated heterocycles. The molecule has 3 nitrogen and oxygen atoms in total. The van der Waals surface area contributed by atoms with Crippen LogP contribution in [0.25, 0.3) is 0 Å². The number of allylic oxidation sites excluding steroid dienone is 1. The molecule has 14 heavy (non-hydrogen) atoms. The van der Waals surface area contributed by atoms with Gasteiger partial charge in [0.2, 0.25) is 0 Å². The van der Waals surface area contributed by atoms with E-state index in [4.69, 9.17) is 0 Å². The lowest BCUT2D eigenvalue weighted by Gasteiger charge is -2.29. The smallest absolute Gasteiger partial charge is 0.168 e. The van der Waals surface area contributed by atoms with Gasteiger partial charge in [-0.05, 0) is 5.41 Å². The van der Waals surface area contributed by atoms with Crippen molar-refractivity contribution in [3.63, 3.8) is 0 Å². The van der Waals surface area contributed by atoms with Gasteiger partial charge in [0.1, 0.15) is 12.3 Å². The third-order valence-corrected chi connectivity index (χ3v) is 2.50. The SMILES string of the molecule is C[NH+](C)CC1=C(O)CC(C)(C)CC1=O. The molecule has 1 aliphatic rings. The van der Waals surface area contributed by atoms with Crippen LogP contribution < -0.4 is 4.90 Å². The van der Waals surface area contributed by atoms with E-state index < -0.39 is 0 Å². The minimum absolute atomic E-state index is 0.0771. The summed E-state index contributed by atoms with van der Waals surface area (Å²) in [6, 6.07) is 0. The van der Waals surface area contributed by atoms with Crippen LogP contribution in [0.2, 0.25) is 0 Å². The van der Waals surface area contributed by atoms with Crippen LogP contribution >= 0.6 is 0 Å². The number of likely N-dealkylation sites (N-methyl/N-ethyl adjacent to an activating group) is 1. The Kier molecular flexibility index (Phi) is 3.00. The zero-order valence-corrected chi connectivity index (χ0v) is 9.48. The highest BCUT2D eigenvalue weighted by atomic mass is 16.3. The lowest BCUT2D eigenvalue weighted by molar-refractivity contribution is -0.852. The number of nitrogens with one attached hydrogen (secondary N) is 1. The van der Waals surface area contributed by atoms with Crippen LogP contribution in [-0.4, -0.2) is 31.5 Å². The molecule has 3 heteroatoms. The zero-order valence-electron chi connectivity index (χ0n) is 9.48. The van der Waals surface area contributed by atoms with Gasteiger partial charge in [0, 0.05) is 12.8 Å². The molecule has 0 saturated carbocycles. The summed E-state index contributed by atoms with van der Waals surface area (Å²) >= 11 is 0. The van der Waals surface area contributed by atoms with Crippen molar-refractivity contribution in [3.05, 3.63) is 11.3 Å². The lowest BCUT2D eigenvalue weighted by atomic mass is 9.76. The van der Waals surface area contributed by atoms with Crippen LogP contribution in [-0.2, 0) is 4.79 Å². The number of quaternary nitrogens is 1. The molecule has 0 fully saturated rings. The molecule has 80 valence electrons. The Balaban J connectivity index is 2.88. The summed E-state index contributed by atoms with van der Waals surface area (Å²) in [5.41, 5.74) is 0.552. The van der Waals surface area contributed by atoms with E-state index in [2.05, 4.69) is 0 Å². The van der Waals surface area contributed by atoms with Crippen molar-refractivity contribution in [3.8, 4) is 0 Å². The molecule has 0 bridgehead atoms. The molecule has 0 heterocycles. The van der Waals surface area contributed by atoms with Crippen LogP contribution in [0.4, 0.5) is 0 Å². The fraction of sp³-hybridized carbons (Fsp3) is 0.727.